The molecule has 0 unspecified atom stereocenters. The number of carbonyl (C=O) groups excluding carboxylic acids is 3. The van der Waals surface area contributed by atoms with Crippen LogP contribution in [0.1, 0.15) is 46.0 Å². The fourth-order valence-electron chi connectivity index (χ4n) is 2.93. The van der Waals surface area contributed by atoms with Crippen LogP contribution in [-0.4, -0.2) is 35.8 Å². The number of carbonyl (C=O) groups is 3. The second-order valence-electron chi connectivity index (χ2n) is 6.09. The largest absolute Gasteiger partial charge is 0.490 e. The molecule has 0 fully saturated rings. The number of ether oxygens (including phenoxy) is 2. The molecule has 0 saturated carbocycles. The topological polar surface area (TPSA) is 96.7 Å². The van der Waals surface area contributed by atoms with E-state index in [1.54, 1.807) is 31.2 Å². The van der Waals surface area contributed by atoms with Gasteiger partial charge in [0.1, 0.15) is 0 Å². The summed E-state index contributed by atoms with van der Waals surface area (Å²) < 4.78 is 10.7. The van der Waals surface area contributed by atoms with Crippen LogP contribution in [0.5, 0.6) is 11.5 Å². The maximum Gasteiger partial charge on any atom is 0.311 e. The summed E-state index contributed by atoms with van der Waals surface area (Å²) in [6.07, 6.45) is 0.309. The number of amides is 2. The normalized spacial score (nSPS) is 12.5. The average Bonchev–Trinajstić information content (AvgIpc) is 2.94. The third-order valence-corrected chi connectivity index (χ3v) is 4.24. The third kappa shape index (κ3) is 3.86. The number of rotatable bonds is 7. The van der Waals surface area contributed by atoms with Crippen LogP contribution in [0.4, 0.5) is 0 Å². The number of hydrogen-bond acceptors (Lipinski definition) is 6. The first-order chi connectivity index (χ1) is 13.5. The smallest absolute Gasteiger partial charge is 0.311 e. The lowest BCUT2D eigenvalue weighted by molar-refractivity contribution is -0.134. The molecule has 0 aliphatic carbocycles. The Balaban J connectivity index is 1.57. The van der Waals surface area contributed by atoms with Crippen LogP contribution >= 0.6 is 0 Å². The van der Waals surface area contributed by atoms with E-state index < -0.39 is 5.97 Å². The number of fused-ring (bicyclic) bond motifs is 1. The van der Waals surface area contributed by atoms with Crippen LogP contribution in [0.3, 0.4) is 0 Å². The molecule has 1 aliphatic heterocycles. The summed E-state index contributed by atoms with van der Waals surface area (Å²) in [6.45, 7) is 2.28. The molecule has 0 radical (unpaired) electrons. The maximum atomic E-state index is 12.3. The summed E-state index contributed by atoms with van der Waals surface area (Å²) in [6, 6.07) is 13.2. The van der Waals surface area contributed by atoms with Gasteiger partial charge >= 0.3 is 5.97 Å². The first kappa shape index (κ1) is 19.1. The Morgan fingerprint density at radius 1 is 1.07 bits per heavy atom. The molecular weight excluding hydrogens is 360 g/mol. The van der Waals surface area contributed by atoms with Crippen molar-refractivity contribution in [2.45, 2.75) is 19.8 Å². The van der Waals surface area contributed by atoms with Crippen molar-refractivity contribution in [3.63, 3.8) is 0 Å². The molecule has 1 heterocycles. The highest BCUT2D eigenvalue weighted by Gasteiger charge is 2.34. The number of imide groups is 1. The molecule has 7 heteroatoms. The molecule has 0 N–H and O–H groups in total. The van der Waals surface area contributed by atoms with Crippen molar-refractivity contribution in [3.8, 4) is 17.6 Å². The van der Waals surface area contributed by atoms with Gasteiger partial charge in [-0.3, -0.25) is 19.3 Å². The summed E-state index contributed by atoms with van der Waals surface area (Å²) in [5.74, 6) is -0.663. The SMILES string of the molecule is CCOc1cc(C#N)ccc1OC(=O)CCCN1C(=O)c2ccccc2C1=O. The predicted octanol–water partition coefficient (Wildman–Crippen LogP) is 2.94. The Morgan fingerprint density at radius 2 is 1.75 bits per heavy atom. The summed E-state index contributed by atoms with van der Waals surface area (Å²) in [5, 5.41) is 8.96. The van der Waals surface area contributed by atoms with Gasteiger partial charge in [-0.05, 0) is 37.6 Å². The number of benzene rings is 2. The van der Waals surface area contributed by atoms with Crippen LogP contribution < -0.4 is 9.47 Å². The monoisotopic (exact) mass is 378 g/mol. The van der Waals surface area contributed by atoms with Gasteiger partial charge in [0, 0.05) is 19.0 Å². The van der Waals surface area contributed by atoms with E-state index in [9.17, 15) is 14.4 Å². The minimum absolute atomic E-state index is 0.0268. The van der Waals surface area contributed by atoms with E-state index in [1.807, 2.05) is 6.07 Å². The van der Waals surface area contributed by atoms with E-state index >= 15 is 0 Å². The molecule has 1 aliphatic rings. The minimum atomic E-state index is -0.512. The molecule has 0 saturated heterocycles. The van der Waals surface area contributed by atoms with Gasteiger partial charge in [-0.2, -0.15) is 5.26 Å². The molecular formula is C21H18N2O5. The summed E-state index contributed by atoms with van der Waals surface area (Å²) in [7, 11) is 0. The molecule has 2 aromatic carbocycles. The summed E-state index contributed by atoms with van der Waals surface area (Å²) >= 11 is 0. The van der Waals surface area contributed by atoms with Gasteiger partial charge in [0.05, 0.1) is 29.4 Å². The average molecular weight is 378 g/mol. The van der Waals surface area contributed by atoms with Crippen molar-refractivity contribution < 1.29 is 23.9 Å². The zero-order chi connectivity index (χ0) is 20.1. The standard InChI is InChI=1S/C21H18N2O5/c1-2-27-18-12-14(13-22)9-10-17(18)28-19(24)8-5-11-23-20(25)15-6-3-4-7-16(15)21(23)26/h3-4,6-7,9-10,12H,2,5,8,11H2,1H3. The first-order valence-corrected chi connectivity index (χ1v) is 8.88. The summed E-state index contributed by atoms with van der Waals surface area (Å²) in [4.78, 5) is 37.9. The zero-order valence-electron chi connectivity index (χ0n) is 15.3. The van der Waals surface area contributed by atoms with Gasteiger partial charge in [-0.1, -0.05) is 12.1 Å². The Kier molecular flexibility index (Phi) is 5.70. The molecule has 2 amide bonds. The molecule has 3 rings (SSSR count). The Labute approximate surface area is 162 Å². The van der Waals surface area contributed by atoms with E-state index in [4.69, 9.17) is 14.7 Å². The van der Waals surface area contributed by atoms with E-state index in [-0.39, 0.29) is 37.0 Å². The van der Waals surface area contributed by atoms with Crippen LogP contribution in [-0.2, 0) is 4.79 Å². The Bertz CT molecular complexity index is 942. The highest BCUT2D eigenvalue weighted by Crippen LogP contribution is 2.29. The number of nitriles is 1. The second-order valence-corrected chi connectivity index (χ2v) is 6.09. The second kappa shape index (κ2) is 8.35. The lowest BCUT2D eigenvalue weighted by atomic mass is 10.1. The van der Waals surface area contributed by atoms with Gasteiger partial charge < -0.3 is 9.47 Å². The highest BCUT2D eigenvalue weighted by atomic mass is 16.6. The predicted molar refractivity (Wildman–Crippen MR) is 99.0 cm³/mol. The molecule has 0 bridgehead atoms. The quantitative estimate of drug-likeness (QED) is 0.417. The Morgan fingerprint density at radius 3 is 2.36 bits per heavy atom. The van der Waals surface area contributed by atoms with E-state index in [0.29, 0.717) is 29.0 Å². The van der Waals surface area contributed by atoms with E-state index in [1.165, 1.54) is 18.2 Å². The van der Waals surface area contributed by atoms with Crippen molar-refractivity contribution in [1.29, 1.82) is 5.26 Å². The van der Waals surface area contributed by atoms with E-state index in [2.05, 4.69) is 0 Å². The molecule has 0 aromatic heterocycles. The van der Waals surface area contributed by atoms with Gasteiger partial charge in [0.15, 0.2) is 11.5 Å². The van der Waals surface area contributed by atoms with Crippen molar-refractivity contribution >= 4 is 17.8 Å². The molecule has 0 spiro atoms. The fourth-order valence-corrected chi connectivity index (χ4v) is 2.93. The lowest BCUT2D eigenvalue weighted by Gasteiger charge is -2.14. The summed E-state index contributed by atoms with van der Waals surface area (Å²) in [5.41, 5.74) is 1.16. The maximum absolute atomic E-state index is 12.3. The van der Waals surface area contributed by atoms with Gasteiger partial charge in [-0.15, -0.1) is 0 Å². The van der Waals surface area contributed by atoms with Crippen LogP contribution in [0.15, 0.2) is 42.5 Å². The number of nitrogens with zero attached hydrogens (tertiary/aromatic N) is 2. The molecule has 28 heavy (non-hydrogen) atoms. The van der Waals surface area contributed by atoms with Crippen LogP contribution in [0.25, 0.3) is 0 Å². The third-order valence-electron chi connectivity index (χ3n) is 4.24. The molecule has 2 aromatic rings. The zero-order valence-corrected chi connectivity index (χ0v) is 15.3. The highest BCUT2D eigenvalue weighted by molar-refractivity contribution is 6.21. The molecule has 142 valence electrons. The Hall–Kier alpha value is -3.66. The van der Waals surface area contributed by atoms with Crippen LogP contribution in [0, 0.1) is 11.3 Å². The van der Waals surface area contributed by atoms with Gasteiger partial charge in [0.25, 0.3) is 11.8 Å². The molecule has 0 atom stereocenters. The van der Waals surface area contributed by atoms with Crippen molar-refractivity contribution in [2.75, 3.05) is 13.2 Å². The number of esters is 1. The van der Waals surface area contributed by atoms with E-state index in [0.717, 1.165) is 4.90 Å². The van der Waals surface area contributed by atoms with Crippen molar-refractivity contribution in [1.82, 2.24) is 4.90 Å². The van der Waals surface area contributed by atoms with Crippen molar-refractivity contribution in [3.05, 3.63) is 59.2 Å². The van der Waals surface area contributed by atoms with Gasteiger partial charge in [-0.25, -0.2) is 0 Å². The minimum Gasteiger partial charge on any atom is -0.490 e. The fraction of sp³-hybridized carbons (Fsp3) is 0.238. The van der Waals surface area contributed by atoms with Gasteiger partial charge in [0.2, 0.25) is 0 Å². The molecule has 7 nitrogen and oxygen atoms in total. The number of hydrogen-bond donors (Lipinski definition) is 0. The van der Waals surface area contributed by atoms with Crippen LogP contribution in [0.2, 0.25) is 0 Å². The first-order valence-electron chi connectivity index (χ1n) is 8.88. The van der Waals surface area contributed by atoms with Crippen molar-refractivity contribution in [2.24, 2.45) is 0 Å². The lowest BCUT2D eigenvalue weighted by Crippen LogP contribution is -2.31.